The zero-order chi connectivity index (χ0) is 24.5. The van der Waals surface area contributed by atoms with E-state index in [-0.39, 0.29) is 5.56 Å². The number of anilines is 1. The molecule has 1 saturated heterocycles. The minimum Gasteiger partial charge on any atom is -0.478 e. The van der Waals surface area contributed by atoms with Crippen LogP contribution in [-0.2, 0) is 6.42 Å². The lowest BCUT2D eigenvalue weighted by atomic mass is 9.97. The van der Waals surface area contributed by atoms with Crippen LogP contribution < -0.4 is 9.64 Å². The van der Waals surface area contributed by atoms with Crippen molar-refractivity contribution in [3.63, 3.8) is 0 Å². The molecule has 7 nitrogen and oxygen atoms in total. The topological polar surface area (TPSA) is 81.7 Å². The van der Waals surface area contributed by atoms with E-state index in [0.29, 0.717) is 17.5 Å². The molecule has 2 aromatic heterocycles. The van der Waals surface area contributed by atoms with Gasteiger partial charge in [-0.1, -0.05) is 30.7 Å². The second kappa shape index (κ2) is 9.66. The van der Waals surface area contributed by atoms with Crippen LogP contribution in [-0.4, -0.2) is 52.1 Å². The van der Waals surface area contributed by atoms with Gasteiger partial charge in [-0.25, -0.2) is 9.78 Å². The Morgan fingerprint density at radius 1 is 1.03 bits per heavy atom. The summed E-state index contributed by atoms with van der Waals surface area (Å²) in [5.74, 6) is -0.167. The van der Waals surface area contributed by atoms with Gasteiger partial charge in [-0.2, -0.15) is 0 Å². The smallest absolute Gasteiger partial charge is 0.339 e. The van der Waals surface area contributed by atoms with Gasteiger partial charge in [0.25, 0.3) is 0 Å². The largest absolute Gasteiger partial charge is 0.478 e. The van der Waals surface area contributed by atoms with E-state index in [9.17, 15) is 9.90 Å². The fourth-order valence-electron chi connectivity index (χ4n) is 5.64. The molecule has 0 bridgehead atoms. The van der Waals surface area contributed by atoms with Gasteiger partial charge in [0.1, 0.15) is 22.7 Å². The van der Waals surface area contributed by atoms with Gasteiger partial charge in [0.2, 0.25) is 0 Å². The van der Waals surface area contributed by atoms with Crippen LogP contribution in [0.4, 0.5) is 5.69 Å². The summed E-state index contributed by atoms with van der Waals surface area (Å²) < 4.78 is 6.05. The third kappa shape index (κ3) is 4.42. The number of aromatic nitrogens is 2. The van der Waals surface area contributed by atoms with Crippen LogP contribution in [0.25, 0.3) is 11.0 Å². The number of rotatable bonds is 5. The van der Waals surface area contributed by atoms with E-state index in [1.807, 2.05) is 30.5 Å². The number of carboxylic acid groups (broad SMARTS) is 1. The molecule has 1 atom stereocenters. The zero-order valence-electron chi connectivity index (χ0n) is 20.2. The Labute approximate surface area is 210 Å². The van der Waals surface area contributed by atoms with Gasteiger partial charge in [-0.05, 0) is 54.7 Å². The molecule has 36 heavy (non-hydrogen) atoms. The predicted molar refractivity (Wildman–Crippen MR) is 140 cm³/mol. The molecule has 0 saturated carbocycles. The summed E-state index contributed by atoms with van der Waals surface area (Å²) in [6.45, 7) is 3.73. The third-order valence-corrected chi connectivity index (χ3v) is 7.51. The number of aromatic carboxylic acids is 1. The van der Waals surface area contributed by atoms with E-state index < -0.39 is 5.97 Å². The molecule has 0 spiro atoms. The summed E-state index contributed by atoms with van der Waals surface area (Å²) in [5.41, 5.74) is 4.88. The Hall–Kier alpha value is -3.84. The number of fused-ring (bicyclic) bond motifs is 2. The maximum absolute atomic E-state index is 11.9. The summed E-state index contributed by atoms with van der Waals surface area (Å²) >= 11 is 0. The number of piperazine rings is 1. The van der Waals surface area contributed by atoms with Gasteiger partial charge in [-0.15, -0.1) is 0 Å². The van der Waals surface area contributed by atoms with Crippen LogP contribution in [0.2, 0.25) is 0 Å². The van der Waals surface area contributed by atoms with Crippen molar-refractivity contribution in [1.29, 1.82) is 0 Å². The summed E-state index contributed by atoms with van der Waals surface area (Å²) in [4.78, 5) is 24.3. The maximum Gasteiger partial charge on any atom is 0.339 e. The minimum atomic E-state index is -1.01. The Morgan fingerprint density at radius 3 is 2.75 bits per heavy atom. The van der Waals surface area contributed by atoms with Crippen LogP contribution in [0.5, 0.6) is 11.5 Å². The first-order valence-corrected chi connectivity index (χ1v) is 12.7. The Balaban J connectivity index is 1.20. The van der Waals surface area contributed by atoms with E-state index in [0.717, 1.165) is 42.9 Å². The molecule has 7 heteroatoms. The van der Waals surface area contributed by atoms with Crippen molar-refractivity contribution in [1.82, 2.24) is 14.9 Å². The van der Waals surface area contributed by atoms with Crippen molar-refractivity contribution in [2.45, 2.75) is 31.7 Å². The highest BCUT2D eigenvalue weighted by Gasteiger charge is 2.28. The second-order valence-corrected chi connectivity index (χ2v) is 9.66. The van der Waals surface area contributed by atoms with Gasteiger partial charge < -0.3 is 19.7 Å². The average Bonchev–Trinajstić information content (AvgIpc) is 3.26. The second-order valence-electron chi connectivity index (χ2n) is 9.66. The molecule has 0 radical (unpaired) electrons. The predicted octanol–water partition coefficient (Wildman–Crippen LogP) is 5.64. The number of nitrogens with zero attached hydrogens (tertiary/aromatic N) is 3. The Morgan fingerprint density at radius 2 is 1.89 bits per heavy atom. The lowest BCUT2D eigenvalue weighted by molar-refractivity contribution is 0.0694. The zero-order valence-corrected chi connectivity index (χ0v) is 20.2. The molecule has 3 heterocycles. The van der Waals surface area contributed by atoms with Gasteiger partial charge >= 0.3 is 5.97 Å². The number of ether oxygens (including phenoxy) is 1. The monoisotopic (exact) mass is 482 g/mol. The van der Waals surface area contributed by atoms with Crippen LogP contribution in [0.1, 0.15) is 46.8 Å². The number of aryl methyl sites for hydroxylation is 1. The Bertz CT molecular complexity index is 1390. The fourth-order valence-corrected chi connectivity index (χ4v) is 5.64. The molecule has 0 amide bonds. The number of hydrogen-bond acceptors (Lipinski definition) is 5. The molecule has 1 fully saturated rings. The van der Waals surface area contributed by atoms with E-state index in [2.05, 4.69) is 44.0 Å². The van der Waals surface area contributed by atoms with Crippen molar-refractivity contribution in [2.75, 3.05) is 31.1 Å². The SMILES string of the molecule is O=C(O)c1ccc(N2CCN([C@@H]3CCCCc4ccccc43)CC2)cc1Oc1cnc2[nH]ccc2c1. The highest BCUT2D eigenvalue weighted by molar-refractivity contribution is 5.92. The van der Waals surface area contributed by atoms with E-state index in [1.165, 1.54) is 36.8 Å². The number of H-pyrrole nitrogens is 1. The molecule has 0 unspecified atom stereocenters. The number of hydrogen-bond donors (Lipinski definition) is 2. The molecular weight excluding hydrogens is 452 g/mol. The Kier molecular flexibility index (Phi) is 6.07. The van der Waals surface area contributed by atoms with Crippen molar-refractivity contribution in [3.05, 3.63) is 83.7 Å². The summed E-state index contributed by atoms with van der Waals surface area (Å²) in [6.07, 6.45) is 8.34. The lowest BCUT2D eigenvalue weighted by Gasteiger charge is -2.40. The van der Waals surface area contributed by atoms with Gasteiger partial charge in [0.05, 0.1) is 6.20 Å². The molecule has 4 aromatic rings. The molecule has 1 aliphatic carbocycles. The highest BCUT2D eigenvalue weighted by atomic mass is 16.5. The van der Waals surface area contributed by atoms with Crippen molar-refractivity contribution in [3.8, 4) is 11.5 Å². The van der Waals surface area contributed by atoms with Gasteiger partial charge in [-0.3, -0.25) is 4.90 Å². The highest BCUT2D eigenvalue weighted by Crippen LogP contribution is 2.35. The first kappa shape index (κ1) is 22.6. The summed E-state index contributed by atoms with van der Waals surface area (Å²) in [7, 11) is 0. The first-order valence-electron chi connectivity index (χ1n) is 12.7. The number of benzene rings is 2. The average molecular weight is 483 g/mol. The van der Waals surface area contributed by atoms with E-state index in [1.54, 1.807) is 12.3 Å². The minimum absolute atomic E-state index is 0.140. The quantitative estimate of drug-likeness (QED) is 0.358. The first-order chi connectivity index (χ1) is 17.7. The standard InChI is InChI=1S/C29H30N4O3/c34-29(35)25-10-9-22(18-27(25)36-23-17-21-11-12-30-28(21)31-19-23)32-13-15-33(16-14-32)26-8-4-2-6-20-5-1-3-7-24(20)26/h1,3,5,7,9-12,17-19,26H,2,4,6,8,13-16H2,(H,30,31)(H,34,35)/t26-/m1/s1. The number of pyridine rings is 1. The fraction of sp³-hybridized carbons (Fsp3) is 0.310. The van der Waals surface area contributed by atoms with Crippen molar-refractivity contribution in [2.24, 2.45) is 0 Å². The van der Waals surface area contributed by atoms with E-state index >= 15 is 0 Å². The number of aromatic amines is 1. The van der Waals surface area contributed by atoms with Crippen LogP contribution >= 0.6 is 0 Å². The van der Waals surface area contributed by atoms with Gasteiger partial charge in [0, 0.05) is 55.6 Å². The third-order valence-electron chi connectivity index (χ3n) is 7.51. The summed E-state index contributed by atoms with van der Waals surface area (Å²) in [5, 5.41) is 10.7. The van der Waals surface area contributed by atoms with Gasteiger partial charge in [0.15, 0.2) is 0 Å². The molecule has 2 aromatic carbocycles. The number of nitrogens with one attached hydrogen (secondary N) is 1. The molecular formula is C29H30N4O3. The molecule has 6 rings (SSSR count). The lowest BCUT2D eigenvalue weighted by Crippen LogP contribution is -2.47. The molecule has 184 valence electrons. The van der Waals surface area contributed by atoms with Crippen molar-refractivity contribution >= 4 is 22.7 Å². The molecule has 2 aliphatic rings. The van der Waals surface area contributed by atoms with Crippen LogP contribution in [0.3, 0.4) is 0 Å². The normalized spacial score (nSPS) is 18.6. The molecule has 2 N–H and O–H groups in total. The molecule has 1 aliphatic heterocycles. The summed E-state index contributed by atoms with van der Waals surface area (Å²) in [6, 6.07) is 18.6. The van der Waals surface area contributed by atoms with Crippen molar-refractivity contribution < 1.29 is 14.6 Å². The maximum atomic E-state index is 11.9. The van der Waals surface area contributed by atoms with Crippen LogP contribution in [0, 0.1) is 0 Å². The number of carbonyl (C=O) groups is 1. The number of carboxylic acids is 1. The van der Waals surface area contributed by atoms with Crippen LogP contribution in [0.15, 0.2) is 67.0 Å². The van der Waals surface area contributed by atoms with E-state index in [4.69, 9.17) is 4.74 Å².